The van der Waals surface area contributed by atoms with E-state index in [4.69, 9.17) is 15.0 Å². The predicted octanol–water partition coefficient (Wildman–Crippen LogP) is 9.55. The third-order valence-corrected chi connectivity index (χ3v) is 8.52. The molecule has 0 saturated heterocycles. The summed E-state index contributed by atoms with van der Waals surface area (Å²) >= 11 is 1.79. The molecule has 0 radical (unpaired) electrons. The highest BCUT2D eigenvalue weighted by Crippen LogP contribution is 2.39. The van der Waals surface area contributed by atoms with E-state index >= 15 is 0 Å². The van der Waals surface area contributed by atoms with Crippen LogP contribution in [0.1, 0.15) is 0 Å². The van der Waals surface area contributed by atoms with Gasteiger partial charge in [-0.1, -0.05) is 103 Å². The van der Waals surface area contributed by atoms with Crippen molar-refractivity contribution in [2.75, 3.05) is 0 Å². The van der Waals surface area contributed by atoms with Gasteiger partial charge in [0.05, 0.1) is 0 Å². The molecule has 0 unspecified atom stereocenters. The summed E-state index contributed by atoms with van der Waals surface area (Å²) in [6.45, 7) is 0. The van der Waals surface area contributed by atoms with Crippen LogP contribution in [0, 0.1) is 0 Å². The SMILES string of the molecule is c1ccc2cc(-c3nc(-c4ccc5ccccc5c4)nc(-c4cccc5c4sc4ccccc45)n3)ccc2c1. The zero-order valence-corrected chi connectivity index (χ0v) is 21.7. The molecule has 0 amide bonds. The quantitative estimate of drug-likeness (QED) is 0.235. The molecule has 0 N–H and O–H groups in total. The Hall–Kier alpha value is -4.93. The Morgan fingerprint density at radius 3 is 1.62 bits per heavy atom. The van der Waals surface area contributed by atoms with Crippen LogP contribution in [-0.4, -0.2) is 15.0 Å². The first-order valence-corrected chi connectivity index (χ1v) is 13.8. The fourth-order valence-corrected chi connectivity index (χ4v) is 6.55. The summed E-state index contributed by atoms with van der Waals surface area (Å²) < 4.78 is 2.46. The lowest BCUT2D eigenvalue weighted by Gasteiger charge is -2.10. The average Bonchev–Trinajstić information content (AvgIpc) is 3.39. The van der Waals surface area contributed by atoms with Crippen molar-refractivity contribution in [3.63, 3.8) is 0 Å². The average molecular weight is 516 g/mol. The van der Waals surface area contributed by atoms with Gasteiger partial charge in [0.2, 0.25) is 0 Å². The number of nitrogens with zero attached hydrogens (tertiary/aromatic N) is 3. The molecule has 8 rings (SSSR count). The number of thiophene rings is 1. The highest BCUT2D eigenvalue weighted by Gasteiger charge is 2.17. The standard InChI is InChI=1S/C35H21N3S/c1-3-10-24-20-26(18-16-22(24)8-1)33-36-34(27-19-17-23-9-2-4-11-25(23)21-27)38-35(37-33)30-14-7-13-29-28-12-5-6-15-31(28)39-32(29)30/h1-21H. The molecule has 0 spiro atoms. The molecular formula is C35H21N3S. The van der Waals surface area contributed by atoms with Crippen molar-refractivity contribution in [1.29, 1.82) is 0 Å². The summed E-state index contributed by atoms with van der Waals surface area (Å²) in [5, 5.41) is 7.21. The van der Waals surface area contributed by atoms with Crippen molar-refractivity contribution in [2.24, 2.45) is 0 Å². The second-order valence-electron chi connectivity index (χ2n) is 9.71. The Bertz CT molecular complexity index is 2100. The number of hydrogen-bond acceptors (Lipinski definition) is 4. The van der Waals surface area contributed by atoms with E-state index in [1.165, 1.54) is 30.9 Å². The smallest absolute Gasteiger partial charge is 0.165 e. The van der Waals surface area contributed by atoms with Crippen LogP contribution in [0.2, 0.25) is 0 Å². The molecule has 0 aliphatic carbocycles. The van der Waals surface area contributed by atoms with Crippen LogP contribution < -0.4 is 0 Å². The van der Waals surface area contributed by atoms with Crippen molar-refractivity contribution in [1.82, 2.24) is 15.0 Å². The molecule has 39 heavy (non-hydrogen) atoms. The van der Waals surface area contributed by atoms with E-state index < -0.39 is 0 Å². The van der Waals surface area contributed by atoms with Gasteiger partial charge in [0, 0.05) is 36.9 Å². The van der Waals surface area contributed by atoms with Crippen LogP contribution in [0.25, 0.3) is 75.9 Å². The van der Waals surface area contributed by atoms with Gasteiger partial charge in [-0.2, -0.15) is 0 Å². The molecule has 0 saturated carbocycles. The minimum absolute atomic E-state index is 0.673. The second kappa shape index (κ2) is 8.83. The first-order chi connectivity index (χ1) is 19.3. The monoisotopic (exact) mass is 515 g/mol. The molecule has 2 aromatic heterocycles. The van der Waals surface area contributed by atoms with Gasteiger partial charge in [-0.3, -0.25) is 0 Å². The molecule has 0 fully saturated rings. The Morgan fingerprint density at radius 1 is 0.410 bits per heavy atom. The van der Waals surface area contributed by atoms with E-state index in [0.717, 1.165) is 27.5 Å². The highest BCUT2D eigenvalue weighted by molar-refractivity contribution is 7.26. The molecule has 0 aliphatic rings. The van der Waals surface area contributed by atoms with Crippen molar-refractivity contribution in [3.05, 3.63) is 127 Å². The lowest BCUT2D eigenvalue weighted by Crippen LogP contribution is -2.00. The zero-order chi connectivity index (χ0) is 25.8. The minimum Gasteiger partial charge on any atom is -0.208 e. The van der Waals surface area contributed by atoms with Gasteiger partial charge in [0.15, 0.2) is 17.5 Å². The van der Waals surface area contributed by atoms with E-state index in [-0.39, 0.29) is 0 Å². The lowest BCUT2D eigenvalue weighted by atomic mass is 10.1. The Morgan fingerprint density at radius 2 is 0.949 bits per heavy atom. The first-order valence-electron chi connectivity index (χ1n) is 13.0. The topological polar surface area (TPSA) is 38.7 Å². The van der Waals surface area contributed by atoms with Gasteiger partial charge in [0.1, 0.15) is 0 Å². The molecule has 0 aliphatic heterocycles. The molecule has 182 valence electrons. The van der Waals surface area contributed by atoms with Crippen LogP contribution in [0.5, 0.6) is 0 Å². The number of rotatable bonds is 3. The molecule has 2 heterocycles. The van der Waals surface area contributed by atoms with Gasteiger partial charge in [-0.25, -0.2) is 15.0 Å². The second-order valence-corrected chi connectivity index (χ2v) is 10.8. The van der Waals surface area contributed by atoms with Crippen molar-refractivity contribution in [2.45, 2.75) is 0 Å². The van der Waals surface area contributed by atoms with Gasteiger partial charge < -0.3 is 0 Å². The van der Waals surface area contributed by atoms with Crippen LogP contribution in [0.3, 0.4) is 0 Å². The van der Waals surface area contributed by atoms with Gasteiger partial charge in [0.25, 0.3) is 0 Å². The Labute approximate surface area is 229 Å². The van der Waals surface area contributed by atoms with E-state index in [1.807, 2.05) is 0 Å². The maximum Gasteiger partial charge on any atom is 0.165 e. The fraction of sp³-hybridized carbons (Fsp3) is 0. The Kier molecular flexibility index (Phi) is 5.00. The zero-order valence-electron chi connectivity index (χ0n) is 20.9. The van der Waals surface area contributed by atoms with Crippen LogP contribution in [0.4, 0.5) is 0 Å². The molecule has 0 bridgehead atoms. The molecular weight excluding hydrogens is 494 g/mol. The van der Waals surface area contributed by atoms with Gasteiger partial charge >= 0.3 is 0 Å². The van der Waals surface area contributed by atoms with E-state index in [1.54, 1.807) is 11.3 Å². The maximum atomic E-state index is 5.07. The summed E-state index contributed by atoms with van der Waals surface area (Å²) in [5.74, 6) is 2.03. The van der Waals surface area contributed by atoms with Crippen molar-refractivity contribution < 1.29 is 0 Å². The normalized spacial score (nSPS) is 11.6. The largest absolute Gasteiger partial charge is 0.208 e. The first kappa shape index (κ1) is 22.1. The number of aromatic nitrogens is 3. The Balaban J connectivity index is 1.39. The third kappa shape index (κ3) is 3.77. The van der Waals surface area contributed by atoms with Crippen molar-refractivity contribution >= 4 is 53.1 Å². The van der Waals surface area contributed by atoms with Crippen molar-refractivity contribution in [3.8, 4) is 34.2 Å². The minimum atomic E-state index is 0.673. The summed E-state index contributed by atoms with van der Waals surface area (Å²) in [7, 11) is 0. The van der Waals surface area contributed by atoms with E-state index in [2.05, 4.69) is 127 Å². The van der Waals surface area contributed by atoms with E-state index in [9.17, 15) is 0 Å². The number of benzene rings is 6. The van der Waals surface area contributed by atoms with Crippen LogP contribution in [-0.2, 0) is 0 Å². The summed E-state index contributed by atoms with van der Waals surface area (Å²) in [4.78, 5) is 15.2. The predicted molar refractivity (Wildman–Crippen MR) is 164 cm³/mol. The van der Waals surface area contributed by atoms with E-state index in [0.29, 0.717) is 17.5 Å². The summed E-state index contributed by atoms with van der Waals surface area (Å²) in [5.41, 5.74) is 2.98. The van der Waals surface area contributed by atoms with Crippen LogP contribution in [0.15, 0.2) is 127 Å². The molecule has 6 aromatic carbocycles. The molecule has 4 heteroatoms. The molecule has 0 atom stereocenters. The summed E-state index contributed by atoms with van der Waals surface area (Å²) in [6.07, 6.45) is 0. The maximum absolute atomic E-state index is 5.07. The van der Waals surface area contributed by atoms with Gasteiger partial charge in [-0.15, -0.1) is 11.3 Å². The fourth-order valence-electron chi connectivity index (χ4n) is 5.33. The number of fused-ring (bicyclic) bond motifs is 5. The van der Waals surface area contributed by atoms with Crippen LogP contribution >= 0.6 is 11.3 Å². The third-order valence-electron chi connectivity index (χ3n) is 7.30. The molecule has 3 nitrogen and oxygen atoms in total. The molecule has 8 aromatic rings. The van der Waals surface area contributed by atoms with Gasteiger partial charge in [-0.05, 0) is 45.8 Å². The summed E-state index contributed by atoms with van der Waals surface area (Å²) in [6, 6.07) is 44.5. The highest BCUT2D eigenvalue weighted by atomic mass is 32.1. The number of hydrogen-bond donors (Lipinski definition) is 0. The lowest BCUT2D eigenvalue weighted by molar-refractivity contribution is 1.08.